The molecule has 6 heteroatoms. The molecule has 1 aliphatic rings. The summed E-state index contributed by atoms with van der Waals surface area (Å²) in [6.45, 7) is 5.26. The van der Waals surface area contributed by atoms with Crippen LogP contribution < -0.4 is 10.2 Å². The van der Waals surface area contributed by atoms with E-state index in [4.69, 9.17) is 27.9 Å². The molecule has 1 amide bonds. The summed E-state index contributed by atoms with van der Waals surface area (Å²) in [6.07, 6.45) is 0.286. The fraction of sp³-hybridized carbons (Fsp3) is 0.500. The van der Waals surface area contributed by atoms with Crippen molar-refractivity contribution in [3.8, 4) is 0 Å². The number of hydrogen-bond donors (Lipinski definition) is 2. The van der Waals surface area contributed by atoms with Crippen LogP contribution in [0.25, 0.3) is 0 Å². The largest absolute Gasteiger partial charge is 0.370 e. The maximum Gasteiger partial charge on any atom is 0.224 e. The smallest absolute Gasteiger partial charge is 0.224 e. The second kappa shape index (κ2) is 7.84. The van der Waals surface area contributed by atoms with Crippen LogP contribution in [-0.4, -0.2) is 45.3 Å². The Morgan fingerprint density at radius 2 is 2.05 bits per heavy atom. The maximum atomic E-state index is 11.9. The zero-order chi connectivity index (χ0) is 14.4. The average Bonchev–Trinajstić information content (AvgIpc) is 2.43. The first-order chi connectivity index (χ1) is 9.65. The number of carbonyl (C=O) groups excluding carboxylic acids is 1. The Labute approximate surface area is 129 Å². The number of carbonyl (C=O) groups is 1. The van der Waals surface area contributed by atoms with E-state index in [9.17, 15) is 4.79 Å². The van der Waals surface area contributed by atoms with E-state index < -0.39 is 0 Å². The fourth-order valence-electron chi connectivity index (χ4n) is 2.19. The molecule has 0 aromatic heterocycles. The number of hydrogen-bond acceptors (Lipinski definition) is 2. The van der Waals surface area contributed by atoms with Crippen LogP contribution in [0.3, 0.4) is 0 Å². The minimum atomic E-state index is -0.0121. The summed E-state index contributed by atoms with van der Waals surface area (Å²) >= 11 is 11.9. The number of amides is 1. The average molecular weight is 318 g/mol. The minimum Gasteiger partial charge on any atom is -0.370 e. The Bertz CT molecular complexity index is 462. The lowest BCUT2D eigenvalue weighted by Gasteiger charge is -2.23. The van der Waals surface area contributed by atoms with Gasteiger partial charge in [-0.15, -0.1) is 0 Å². The van der Waals surface area contributed by atoms with Crippen LogP contribution in [0.2, 0.25) is 10.0 Å². The molecule has 0 atom stereocenters. The highest BCUT2D eigenvalue weighted by atomic mass is 35.5. The van der Waals surface area contributed by atoms with Gasteiger partial charge in [-0.05, 0) is 17.7 Å². The molecule has 2 rings (SSSR count). The summed E-state index contributed by atoms with van der Waals surface area (Å²) in [6, 6.07) is 5.19. The zero-order valence-corrected chi connectivity index (χ0v) is 12.8. The molecule has 0 unspecified atom stereocenters. The molecule has 20 heavy (non-hydrogen) atoms. The Balaban J connectivity index is 1.72. The second-order valence-corrected chi connectivity index (χ2v) is 5.72. The Morgan fingerprint density at radius 3 is 2.75 bits per heavy atom. The van der Waals surface area contributed by atoms with Crippen molar-refractivity contribution in [1.29, 1.82) is 0 Å². The molecular weight excluding hydrogens is 299 g/mol. The summed E-state index contributed by atoms with van der Waals surface area (Å²) in [7, 11) is 0. The third kappa shape index (κ3) is 4.94. The number of halogens is 2. The highest BCUT2D eigenvalue weighted by Gasteiger charge is 2.14. The molecule has 1 aromatic carbocycles. The van der Waals surface area contributed by atoms with Gasteiger partial charge in [0.1, 0.15) is 13.1 Å². The van der Waals surface area contributed by atoms with E-state index in [2.05, 4.69) is 5.32 Å². The standard InChI is InChI=1S/C14H18Cl2N2O2/c15-12-2-1-11(13(16)10-12)9-14(19)17-3-4-18-5-7-20-8-6-18/h1-2,10H,3-9H2,(H,17,19)/p+1. The topological polar surface area (TPSA) is 42.8 Å². The number of rotatable bonds is 5. The second-order valence-electron chi connectivity index (χ2n) is 4.87. The maximum absolute atomic E-state index is 11.9. The predicted molar refractivity (Wildman–Crippen MR) is 79.6 cm³/mol. The van der Waals surface area contributed by atoms with Crippen molar-refractivity contribution in [2.75, 3.05) is 39.4 Å². The third-order valence-corrected chi connectivity index (χ3v) is 3.95. The van der Waals surface area contributed by atoms with Gasteiger partial charge < -0.3 is 15.0 Å². The normalized spacial score (nSPS) is 16.1. The van der Waals surface area contributed by atoms with Crippen molar-refractivity contribution in [3.63, 3.8) is 0 Å². The van der Waals surface area contributed by atoms with Crippen molar-refractivity contribution in [3.05, 3.63) is 33.8 Å². The van der Waals surface area contributed by atoms with E-state index in [0.717, 1.165) is 38.4 Å². The van der Waals surface area contributed by atoms with E-state index in [1.165, 1.54) is 4.90 Å². The lowest BCUT2D eigenvalue weighted by atomic mass is 10.1. The third-order valence-electron chi connectivity index (χ3n) is 3.37. The van der Waals surface area contributed by atoms with Crippen LogP contribution in [-0.2, 0) is 16.0 Å². The van der Waals surface area contributed by atoms with E-state index in [0.29, 0.717) is 16.6 Å². The summed E-state index contributed by atoms with van der Waals surface area (Å²) in [5.74, 6) is -0.0121. The monoisotopic (exact) mass is 317 g/mol. The lowest BCUT2D eigenvalue weighted by Crippen LogP contribution is -3.14. The molecule has 0 saturated carbocycles. The SMILES string of the molecule is O=C(Cc1ccc(Cl)cc1Cl)NCC[NH+]1CCOCC1. The summed E-state index contributed by atoms with van der Waals surface area (Å²) in [5, 5.41) is 4.04. The van der Waals surface area contributed by atoms with Gasteiger partial charge in [-0.25, -0.2) is 0 Å². The Hall–Kier alpha value is -0.810. The summed E-state index contributed by atoms with van der Waals surface area (Å²) in [4.78, 5) is 13.3. The van der Waals surface area contributed by atoms with Crippen LogP contribution in [0.1, 0.15) is 5.56 Å². The van der Waals surface area contributed by atoms with E-state index >= 15 is 0 Å². The quantitative estimate of drug-likeness (QED) is 0.833. The number of benzene rings is 1. The van der Waals surface area contributed by atoms with Gasteiger partial charge in [0.25, 0.3) is 0 Å². The van der Waals surface area contributed by atoms with E-state index in [-0.39, 0.29) is 12.3 Å². The van der Waals surface area contributed by atoms with Gasteiger partial charge in [-0.3, -0.25) is 4.79 Å². The number of ether oxygens (including phenoxy) is 1. The number of nitrogens with one attached hydrogen (secondary N) is 2. The van der Waals surface area contributed by atoms with Crippen LogP contribution in [0.4, 0.5) is 0 Å². The van der Waals surface area contributed by atoms with Gasteiger partial charge in [0, 0.05) is 10.0 Å². The van der Waals surface area contributed by atoms with Gasteiger partial charge in [0.15, 0.2) is 0 Å². The van der Waals surface area contributed by atoms with Crippen LogP contribution in [0.5, 0.6) is 0 Å². The lowest BCUT2D eigenvalue weighted by molar-refractivity contribution is -0.906. The van der Waals surface area contributed by atoms with Gasteiger partial charge in [-0.1, -0.05) is 29.3 Å². The molecule has 1 saturated heterocycles. The molecule has 1 aromatic rings. The minimum absolute atomic E-state index is 0.0121. The number of quaternary nitrogens is 1. The van der Waals surface area contributed by atoms with E-state index in [1.807, 2.05) is 0 Å². The van der Waals surface area contributed by atoms with Crippen molar-refractivity contribution >= 4 is 29.1 Å². The first-order valence-electron chi connectivity index (χ1n) is 6.77. The zero-order valence-electron chi connectivity index (χ0n) is 11.3. The first kappa shape index (κ1) is 15.6. The van der Waals surface area contributed by atoms with Crippen molar-refractivity contribution in [1.82, 2.24) is 5.32 Å². The van der Waals surface area contributed by atoms with Crippen LogP contribution >= 0.6 is 23.2 Å². The molecule has 1 fully saturated rings. The van der Waals surface area contributed by atoms with Gasteiger partial charge in [0.2, 0.25) is 5.91 Å². The van der Waals surface area contributed by atoms with Gasteiger partial charge in [-0.2, -0.15) is 0 Å². The van der Waals surface area contributed by atoms with Crippen LogP contribution in [0.15, 0.2) is 18.2 Å². The fourth-order valence-corrected chi connectivity index (χ4v) is 2.66. The number of morpholine rings is 1. The molecule has 0 bridgehead atoms. The van der Waals surface area contributed by atoms with Gasteiger partial charge >= 0.3 is 0 Å². The Morgan fingerprint density at radius 1 is 1.30 bits per heavy atom. The molecule has 4 nitrogen and oxygen atoms in total. The molecule has 2 N–H and O–H groups in total. The molecule has 1 aliphatic heterocycles. The van der Waals surface area contributed by atoms with Crippen molar-refractivity contribution in [2.24, 2.45) is 0 Å². The first-order valence-corrected chi connectivity index (χ1v) is 7.52. The Kier molecular flexibility index (Phi) is 6.10. The summed E-state index contributed by atoms with van der Waals surface area (Å²) in [5.41, 5.74) is 0.798. The highest BCUT2D eigenvalue weighted by molar-refractivity contribution is 6.35. The molecule has 110 valence electrons. The summed E-state index contributed by atoms with van der Waals surface area (Å²) < 4.78 is 5.30. The molecule has 0 spiro atoms. The molecule has 0 radical (unpaired) electrons. The van der Waals surface area contributed by atoms with Crippen molar-refractivity contribution < 1.29 is 14.4 Å². The van der Waals surface area contributed by atoms with E-state index in [1.54, 1.807) is 18.2 Å². The van der Waals surface area contributed by atoms with Crippen LogP contribution in [0, 0.1) is 0 Å². The highest BCUT2D eigenvalue weighted by Crippen LogP contribution is 2.21. The van der Waals surface area contributed by atoms with Crippen molar-refractivity contribution in [2.45, 2.75) is 6.42 Å². The predicted octanol–water partition coefficient (Wildman–Crippen LogP) is 0.567. The molecule has 1 heterocycles. The van der Waals surface area contributed by atoms with Gasteiger partial charge in [0.05, 0.1) is 32.7 Å². The molecule has 0 aliphatic carbocycles. The molecular formula is C14H19Cl2N2O2+.